The van der Waals surface area contributed by atoms with Crippen molar-refractivity contribution in [3.8, 4) is 0 Å². The number of rotatable bonds is 6. The van der Waals surface area contributed by atoms with Crippen LogP contribution in [0.2, 0.25) is 0 Å². The fourth-order valence-corrected chi connectivity index (χ4v) is 3.97. The second-order valence-electron chi connectivity index (χ2n) is 6.98. The lowest BCUT2D eigenvalue weighted by molar-refractivity contribution is 0.0517. The number of fused-ring (bicyclic) bond motifs is 1. The summed E-state index contributed by atoms with van der Waals surface area (Å²) < 4.78 is 9.77. The maximum atomic E-state index is 5.57. The maximum absolute atomic E-state index is 5.57. The van der Waals surface area contributed by atoms with Gasteiger partial charge in [0.2, 0.25) is 0 Å². The Morgan fingerprint density at radius 1 is 1.27 bits per heavy atom. The van der Waals surface area contributed by atoms with Crippen LogP contribution in [0.5, 0.6) is 0 Å². The number of para-hydroxylation sites is 1. The third-order valence-electron chi connectivity index (χ3n) is 5.40. The second-order valence-corrected chi connectivity index (χ2v) is 6.98. The number of aromatic nitrogens is 4. The van der Waals surface area contributed by atoms with Gasteiger partial charge >= 0.3 is 0 Å². The highest BCUT2D eigenvalue weighted by Gasteiger charge is 2.28. The largest absolute Gasteiger partial charge is 0.381 e. The van der Waals surface area contributed by atoms with Gasteiger partial charge in [-0.15, -0.1) is 0 Å². The third-order valence-corrected chi connectivity index (χ3v) is 5.40. The van der Waals surface area contributed by atoms with Gasteiger partial charge in [-0.25, -0.2) is 4.98 Å². The highest BCUT2D eigenvalue weighted by atomic mass is 16.5. The van der Waals surface area contributed by atoms with E-state index in [1.165, 1.54) is 10.9 Å². The molecule has 4 rings (SSSR count). The van der Waals surface area contributed by atoms with Crippen molar-refractivity contribution in [1.29, 1.82) is 0 Å². The van der Waals surface area contributed by atoms with Gasteiger partial charge in [0.15, 0.2) is 0 Å². The standard InChI is InChI=1S/C20H27N5O/c1-3-25-18-7-5-4-6-16(18)17(23-25)14-22-19(15-8-12-26-13-9-15)20-21-10-11-24(20)2/h4-7,10-11,15,19,22H,3,8-9,12-14H2,1-2H3/t19-/m0/s1. The number of imidazole rings is 1. The van der Waals surface area contributed by atoms with Crippen LogP contribution in [0.25, 0.3) is 10.9 Å². The smallest absolute Gasteiger partial charge is 0.125 e. The van der Waals surface area contributed by atoms with Gasteiger partial charge in [-0.2, -0.15) is 5.10 Å². The summed E-state index contributed by atoms with van der Waals surface area (Å²) in [6, 6.07) is 8.68. The summed E-state index contributed by atoms with van der Waals surface area (Å²) in [6.45, 7) is 5.42. The molecule has 1 aliphatic rings. The van der Waals surface area contributed by atoms with Crippen LogP contribution in [-0.2, 0) is 24.9 Å². The van der Waals surface area contributed by atoms with Gasteiger partial charge < -0.3 is 14.6 Å². The van der Waals surface area contributed by atoms with Gasteiger partial charge in [0.05, 0.1) is 17.3 Å². The quantitative estimate of drug-likeness (QED) is 0.740. The van der Waals surface area contributed by atoms with Crippen LogP contribution in [0.1, 0.15) is 37.3 Å². The zero-order valence-corrected chi connectivity index (χ0v) is 15.6. The zero-order chi connectivity index (χ0) is 17.9. The van der Waals surface area contributed by atoms with Crippen LogP contribution in [0.15, 0.2) is 36.7 Å². The Hall–Kier alpha value is -2.18. The van der Waals surface area contributed by atoms with Crippen LogP contribution in [0.3, 0.4) is 0 Å². The summed E-state index contributed by atoms with van der Waals surface area (Å²) in [7, 11) is 2.07. The molecule has 0 bridgehead atoms. The van der Waals surface area contributed by atoms with E-state index in [0.29, 0.717) is 5.92 Å². The predicted molar refractivity (Wildman–Crippen MR) is 102 cm³/mol. The van der Waals surface area contributed by atoms with Crippen LogP contribution in [0, 0.1) is 5.92 Å². The van der Waals surface area contributed by atoms with Crippen LogP contribution < -0.4 is 5.32 Å². The molecule has 1 saturated heterocycles. The summed E-state index contributed by atoms with van der Waals surface area (Å²) in [4.78, 5) is 4.62. The van der Waals surface area contributed by atoms with Crippen molar-refractivity contribution >= 4 is 10.9 Å². The average Bonchev–Trinajstić information content (AvgIpc) is 3.27. The molecular formula is C20H27N5O. The lowest BCUT2D eigenvalue weighted by Crippen LogP contribution is -2.33. The Labute approximate surface area is 154 Å². The van der Waals surface area contributed by atoms with E-state index in [2.05, 4.69) is 57.8 Å². The van der Waals surface area contributed by atoms with Crippen LogP contribution in [-0.4, -0.2) is 32.5 Å². The number of aryl methyl sites for hydroxylation is 2. The topological polar surface area (TPSA) is 56.9 Å². The van der Waals surface area contributed by atoms with Gasteiger partial charge in [-0.3, -0.25) is 4.68 Å². The fraction of sp³-hybridized carbons (Fsp3) is 0.500. The second kappa shape index (κ2) is 7.60. The lowest BCUT2D eigenvalue weighted by atomic mass is 9.91. The molecule has 1 atom stereocenters. The molecule has 1 aliphatic heterocycles. The minimum atomic E-state index is 0.212. The molecule has 0 unspecified atom stereocenters. The van der Waals surface area contributed by atoms with Crippen molar-refractivity contribution in [2.24, 2.45) is 13.0 Å². The normalized spacial score (nSPS) is 17.0. The molecule has 0 spiro atoms. The molecule has 1 aromatic carbocycles. The van der Waals surface area contributed by atoms with Crippen LogP contribution in [0.4, 0.5) is 0 Å². The summed E-state index contributed by atoms with van der Waals surface area (Å²) in [5.74, 6) is 1.63. The first-order valence-corrected chi connectivity index (χ1v) is 9.50. The van der Waals surface area contributed by atoms with Crippen molar-refractivity contribution in [3.05, 3.63) is 48.2 Å². The number of hydrogen-bond acceptors (Lipinski definition) is 4. The summed E-state index contributed by atoms with van der Waals surface area (Å²) in [6.07, 6.45) is 6.03. The summed E-state index contributed by atoms with van der Waals surface area (Å²) in [5, 5.41) is 9.82. The van der Waals surface area contributed by atoms with Crippen molar-refractivity contribution in [2.75, 3.05) is 13.2 Å². The molecule has 0 aliphatic carbocycles. The Kier molecular flexibility index (Phi) is 5.04. The van der Waals surface area contributed by atoms with E-state index in [-0.39, 0.29) is 6.04 Å². The third kappa shape index (κ3) is 3.27. The Bertz CT molecular complexity index is 862. The van der Waals surface area contributed by atoms with Crippen molar-refractivity contribution in [3.63, 3.8) is 0 Å². The van der Waals surface area contributed by atoms with Crippen molar-refractivity contribution in [1.82, 2.24) is 24.6 Å². The molecule has 6 nitrogen and oxygen atoms in total. The van der Waals surface area contributed by atoms with Crippen molar-refractivity contribution in [2.45, 2.75) is 38.9 Å². The SMILES string of the molecule is CCn1nc(CN[C@H](c2nccn2C)C2CCOCC2)c2ccccc21. The Morgan fingerprint density at radius 3 is 2.81 bits per heavy atom. The molecule has 3 aromatic rings. The fourth-order valence-electron chi connectivity index (χ4n) is 3.97. The van der Waals surface area contributed by atoms with E-state index < -0.39 is 0 Å². The minimum Gasteiger partial charge on any atom is -0.381 e. The molecule has 0 amide bonds. The van der Waals surface area contributed by atoms with E-state index in [1.54, 1.807) is 0 Å². The predicted octanol–water partition coefficient (Wildman–Crippen LogP) is 3.05. The first-order valence-electron chi connectivity index (χ1n) is 9.50. The molecule has 26 heavy (non-hydrogen) atoms. The van der Waals surface area contributed by atoms with Gasteiger partial charge in [0.25, 0.3) is 0 Å². The number of ether oxygens (including phenoxy) is 1. The number of nitrogens with one attached hydrogen (secondary N) is 1. The maximum Gasteiger partial charge on any atom is 0.125 e. The Morgan fingerprint density at radius 2 is 2.08 bits per heavy atom. The number of hydrogen-bond donors (Lipinski definition) is 1. The highest BCUT2D eigenvalue weighted by molar-refractivity contribution is 5.81. The number of nitrogens with zero attached hydrogens (tertiary/aromatic N) is 4. The summed E-state index contributed by atoms with van der Waals surface area (Å²) in [5.41, 5.74) is 2.31. The molecule has 2 aromatic heterocycles. The molecule has 138 valence electrons. The van der Waals surface area contributed by atoms with Gasteiger partial charge in [0.1, 0.15) is 5.82 Å². The first-order chi connectivity index (χ1) is 12.8. The summed E-state index contributed by atoms with van der Waals surface area (Å²) >= 11 is 0. The molecular weight excluding hydrogens is 326 g/mol. The van der Waals surface area contributed by atoms with Crippen LogP contribution >= 0.6 is 0 Å². The lowest BCUT2D eigenvalue weighted by Gasteiger charge is -2.30. The highest BCUT2D eigenvalue weighted by Crippen LogP contribution is 2.30. The van der Waals surface area contributed by atoms with Crippen molar-refractivity contribution < 1.29 is 4.74 Å². The van der Waals surface area contributed by atoms with E-state index in [9.17, 15) is 0 Å². The van der Waals surface area contributed by atoms with E-state index in [1.807, 2.05) is 12.4 Å². The minimum absolute atomic E-state index is 0.212. The molecule has 1 N–H and O–H groups in total. The molecule has 3 heterocycles. The molecule has 0 saturated carbocycles. The van der Waals surface area contributed by atoms with Gasteiger partial charge in [-0.05, 0) is 31.7 Å². The number of benzene rings is 1. The Balaban J connectivity index is 1.60. The molecule has 1 fully saturated rings. The van der Waals surface area contributed by atoms with Gasteiger partial charge in [0, 0.05) is 51.1 Å². The molecule has 6 heteroatoms. The van der Waals surface area contributed by atoms with E-state index in [4.69, 9.17) is 9.84 Å². The van der Waals surface area contributed by atoms with Gasteiger partial charge in [-0.1, -0.05) is 18.2 Å². The van der Waals surface area contributed by atoms with E-state index >= 15 is 0 Å². The van der Waals surface area contributed by atoms with E-state index in [0.717, 1.165) is 50.7 Å². The first kappa shape index (κ1) is 17.2. The molecule has 0 radical (unpaired) electrons. The average molecular weight is 353 g/mol. The zero-order valence-electron chi connectivity index (χ0n) is 15.6. The monoisotopic (exact) mass is 353 g/mol.